The summed E-state index contributed by atoms with van der Waals surface area (Å²) in [5.74, 6) is -0.414. The Balaban J connectivity index is 0.00000288. The molecule has 6 nitrogen and oxygen atoms in total. The number of aliphatic carboxylic acids is 1. The van der Waals surface area contributed by atoms with Crippen LogP contribution < -0.4 is 15.8 Å². The third-order valence-corrected chi connectivity index (χ3v) is 3.40. The summed E-state index contributed by atoms with van der Waals surface area (Å²) in [5, 5.41) is 19.9. The van der Waals surface area contributed by atoms with Crippen LogP contribution in [0.2, 0.25) is 0 Å². The molecule has 0 saturated heterocycles. The number of nitrogen functional groups attached to an aromatic ring is 1. The number of nitrogens with one attached hydrogen (secondary N) is 2. The molecule has 0 amide bonds. The van der Waals surface area contributed by atoms with E-state index in [1.54, 1.807) is 43.5 Å². The van der Waals surface area contributed by atoms with E-state index >= 15 is 0 Å². The molecule has 2 aromatic rings. The summed E-state index contributed by atoms with van der Waals surface area (Å²) in [6, 6.07) is 11.2. The number of amidine groups is 1. The summed E-state index contributed by atoms with van der Waals surface area (Å²) in [7, 11) is 1.54. The van der Waals surface area contributed by atoms with Gasteiger partial charge in [0.2, 0.25) is 0 Å². The maximum atomic E-state index is 11.6. The molecule has 0 aliphatic rings. The highest BCUT2D eigenvalue weighted by molar-refractivity contribution is 5.95. The van der Waals surface area contributed by atoms with E-state index in [4.69, 9.17) is 15.9 Å². The Kier molecular flexibility index (Phi) is 6.61. The third-order valence-electron chi connectivity index (χ3n) is 3.40. The summed E-state index contributed by atoms with van der Waals surface area (Å²) in [6.45, 7) is 1.88. The monoisotopic (exact) mass is 349 g/mol. The van der Waals surface area contributed by atoms with Gasteiger partial charge in [-0.15, -0.1) is 12.4 Å². The highest BCUT2D eigenvalue weighted by Gasteiger charge is 2.20. The maximum Gasteiger partial charge on any atom is 0.330 e. The zero-order valence-corrected chi connectivity index (χ0v) is 14.2. The second-order valence-corrected chi connectivity index (χ2v) is 5.19. The first-order valence-electron chi connectivity index (χ1n) is 7.00. The molecule has 1 atom stereocenters. The first-order valence-corrected chi connectivity index (χ1v) is 7.00. The Bertz CT molecular complexity index is 732. The van der Waals surface area contributed by atoms with E-state index in [2.05, 4.69) is 5.32 Å². The molecule has 0 heterocycles. The molecule has 0 bridgehead atoms. The largest absolute Gasteiger partial charge is 0.497 e. The Morgan fingerprint density at radius 3 is 2.38 bits per heavy atom. The average Bonchev–Trinajstić information content (AvgIpc) is 2.52. The molecule has 0 saturated carbocycles. The molecule has 0 aliphatic heterocycles. The van der Waals surface area contributed by atoms with Crippen LogP contribution in [0.1, 0.15) is 22.7 Å². The first kappa shape index (κ1) is 19.3. The Labute approximate surface area is 146 Å². The lowest BCUT2D eigenvalue weighted by Crippen LogP contribution is -2.21. The number of halogens is 1. The summed E-state index contributed by atoms with van der Waals surface area (Å²) >= 11 is 0. The maximum absolute atomic E-state index is 11.6. The normalized spacial score (nSPS) is 11.1. The van der Waals surface area contributed by atoms with Gasteiger partial charge in [0.05, 0.1) is 7.11 Å². The van der Waals surface area contributed by atoms with Gasteiger partial charge in [-0.25, -0.2) is 4.79 Å². The molecule has 1 unspecified atom stereocenters. The second kappa shape index (κ2) is 8.21. The van der Waals surface area contributed by atoms with Crippen molar-refractivity contribution in [2.45, 2.75) is 13.0 Å². The lowest BCUT2D eigenvalue weighted by Gasteiger charge is -2.18. The molecule has 0 fully saturated rings. The van der Waals surface area contributed by atoms with Gasteiger partial charge in [-0.2, -0.15) is 0 Å². The fourth-order valence-corrected chi connectivity index (χ4v) is 2.26. The molecule has 0 spiro atoms. The van der Waals surface area contributed by atoms with E-state index < -0.39 is 12.0 Å². The lowest BCUT2D eigenvalue weighted by atomic mass is 10.0. The zero-order chi connectivity index (χ0) is 17.0. The molecular weight excluding hydrogens is 330 g/mol. The number of hydrogen-bond donors (Lipinski definition) is 4. The molecular formula is C17H20ClN3O3. The molecule has 0 aliphatic carbocycles. The molecule has 128 valence electrons. The Morgan fingerprint density at radius 1 is 1.25 bits per heavy atom. The average molecular weight is 350 g/mol. The van der Waals surface area contributed by atoms with Crippen LogP contribution in [-0.2, 0) is 4.79 Å². The Morgan fingerprint density at radius 2 is 1.88 bits per heavy atom. The number of hydrogen-bond acceptors (Lipinski definition) is 4. The number of ether oxygens (including phenoxy) is 1. The van der Waals surface area contributed by atoms with E-state index in [9.17, 15) is 9.90 Å². The van der Waals surface area contributed by atoms with Crippen molar-refractivity contribution in [1.82, 2.24) is 0 Å². The molecule has 5 N–H and O–H groups in total. The number of nitrogens with two attached hydrogens (primary N) is 1. The van der Waals surface area contributed by atoms with Gasteiger partial charge in [-0.3, -0.25) is 5.41 Å². The second-order valence-electron chi connectivity index (χ2n) is 5.19. The molecule has 0 radical (unpaired) electrons. The van der Waals surface area contributed by atoms with Gasteiger partial charge < -0.3 is 20.9 Å². The number of carbonyl (C=O) groups is 1. The van der Waals surface area contributed by atoms with Crippen molar-refractivity contribution >= 4 is 29.9 Å². The Hall–Kier alpha value is -2.73. The van der Waals surface area contributed by atoms with E-state index in [0.29, 0.717) is 22.6 Å². The number of carboxylic acids is 1. The van der Waals surface area contributed by atoms with Crippen LogP contribution in [0, 0.1) is 12.3 Å². The number of carboxylic acid groups (broad SMARTS) is 1. The van der Waals surface area contributed by atoms with E-state index in [0.717, 1.165) is 5.56 Å². The zero-order valence-electron chi connectivity index (χ0n) is 13.4. The van der Waals surface area contributed by atoms with E-state index in [1.165, 1.54) is 0 Å². The molecule has 0 aromatic heterocycles. The number of methoxy groups -OCH3 is 1. The molecule has 2 rings (SSSR count). The highest BCUT2D eigenvalue weighted by atomic mass is 35.5. The molecule has 7 heteroatoms. The van der Waals surface area contributed by atoms with E-state index in [-0.39, 0.29) is 18.2 Å². The van der Waals surface area contributed by atoms with Crippen molar-refractivity contribution in [3.63, 3.8) is 0 Å². The van der Waals surface area contributed by atoms with Crippen molar-refractivity contribution in [1.29, 1.82) is 5.41 Å². The number of benzene rings is 2. The minimum Gasteiger partial charge on any atom is -0.497 e. The van der Waals surface area contributed by atoms with E-state index in [1.807, 2.05) is 13.0 Å². The number of anilines is 1. The van der Waals surface area contributed by atoms with Crippen LogP contribution in [0.4, 0.5) is 5.69 Å². The predicted octanol–water partition coefficient (Wildman–Crippen LogP) is 2.95. The standard InChI is InChI=1S/C17H19N3O3.ClH/c1-10-7-12(9-14(8-10)23-2)15(17(21)22)20-13-5-3-11(4-6-13)16(18)19;/h3-9,15,20H,1-2H3,(H3,18,19)(H,21,22);1H. The van der Waals surface area contributed by atoms with Crippen molar-refractivity contribution in [3.8, 4) is 5.75 Å². The molecule has 2 aromatic carbocycles. The van der Waals surface area contributed by atoms with Crippen LogP contribution in [0.25, 0.3) is 0 Å². The van der Waals surface area contributed by atoms with Gasteiger partial charge in [0.25, 0.3) is 0 Å². The van der Waals surface area contributed by atoms with Crippen LogP contribution >= 0.6 is 12.4 Å². The van der Waals surface area contributed by atoms with Gasteiger partial charge in [-0.1, -0.05) is 6.07 Å². The number of rotatable bonds is 6. The van der Waals surface area contributed by atoms with Crippen molar-refractivity contribution in [2.75, 3.05) is 12.4 Å². The minimum absolute atomic E-state index is 0. The van der Waals surface area contributed by atoms with Crippen LogP contribution in [0.3, 0.4) is 0 Å². The van der Waals surface area contributed by atoms with Gasteiger partial charge in [0.1, 0.15) is 11.6 Å². The van der Waals surface area contributed by atoms with Gasteiger partial charge in [0.15, 0.2) is 6.04 Å². The number of aryl methyl sites for hydroxylation is 1. The molecule has 24 heavy (non-hydrogen) atoms. The summed E-state index contributed by atoms with van der Waals surface area (Å²) < 4.78 is 5.20. The fraction of sp³-hybridized carbons (Fsp3) is 0.176. The van der Waals surface area contributed by atoms with Gasteiger partial charge >= 0.3 is 5.97 Å². The lowest BCUT2D eigenvalue weighted by molar-refractivity contribution is -0.138. The minimum atomic E-state index is -0.992. The van der Waals surface area contributed by atoms with Crippen LogP contribution in [0.5, 0.6) is 5.75 Å². The highest BCUT2D eigenvalue weighted by Crippen LogP contribution is 2.25. The summed E-state index contributed by atoms with van der Waals surface area (Å²) in [4.78, 5) is 11.6. The van der Waals surface area contributed by atoms with Gasteiger partial charge in [-0.05, 0) is 54.4 Å². The quantitative estimate of drug-likeness (QED) is 0.473. The van der Waals surface area contributed by atoms with Crippen molar-refractivity contribution in [2.24, 2.45) is 5.73 Å². The first-order chi connectivity index (χ1) is 10.9. The third kappa shape index (κ3) is 4.63. The topological polar surface area (TPSA) is 108 Å². The predicted molar refractivity (Wildman–Crippen MR) is 96.4 cm³/mol. The van der Waals surface area contributed by atoms with Crippen molar-refractivity contribution in [3.05, 3.63) is 59.2 Å². The van der Waals surface area contributed by atoms with Crippen LogP contribution in [0.15, 0.2) is 42.5 Å². The summed E-state index contributed by atoms with van der Waals surface area (Å²) in [5.41, 5.74) is 8.14. The fourth-order valence-electron chi connectivity index (χ4n) is 2.26. The van der Waals surface area contributed by atoms with Crippen molar-refractivity contribution < 1.29 is 14.6 Å². The summed E-state index contributed by atoms with van der Waals surface area (Å²) in [6.07, 6.45) is 0. The van der Waals surface area contributed by atoms with Crippen LogP contribution in [-0.4, -0.2) is 24.0 Å². The SMILES string of the molecule is COc1cc(C)cc(C(Nc2ccc(C(=N)N)cc2)C(=O)O)c1.Cl. The van der Waals surface area contributed by atoms with Gasteiger partial charge in [0, 0.05) is 11.3 Å². The smallest absolute Gasteiger partial charge is 0.330 e.